The molecule has 1 aromatic heterocycles. The Morgan fingerprint density at radius 3 is 2.88 bits per heavy atom. The predicted molar refractivity (Wildman–Crippen MR) is 75.0 cm³/mol. The van der Waals surface area contributed by atoms with Crippen molar-refractivity contribution < 1.29 is 0 Å². The van der Waals surface area contributed by atoms with E-state index >= 15 is 0 Å². The second-order valence-electron chi connectivity index (χ2n) is 4.83. The fourth-order valence-corrected chi connectivity index (χ4v) is 2.79. The van der Waals surface area contributed by atoms with Crippen LogP contribution < -0.4 is 11.1 Å². The second kappa shape index (κ2) is 5.83. The lowest BCUT2D eigenvalue weighted by atomic mass is 9.96. The number of pyridine rings is 1. The van der Waals surface area contributed by atoms with Crippen LogP contribution in [0.15, 0.2) is 16.6 Å². The molecular weight excluding hydrogens is 278 g/mol. The summed E-state index contributed by atoms with van der Waals surface area (Å²) in [5.41, 5.74) is 6.81. The van der Waals surface area contributed by atoms with Gasteiger partial charge in [-0.1, -0.05) is 6.42 Å². The van der Waals surface area contributed by atoms with Crippen LogP contribution in [-0.2, 0) is 0 Å². The zero-order valence-electron chi connectivity index (χ0n) is 10.2. The van der Waals surface area contributed by atoms with E-state index in [1.54, 1.807) is 0 Å². The van der Waals surface area contributed by atoms with Crippen molar-refractivity contribution in [2.75, 3.05) is 18.4 Å². The van der Waals surface area contributed by atoms with Gasteiger partial charge in [0.1, 0.15) is 5.82 Å². The van der Waals surface area contributed by atoms with Crippen LogP contribution in [0.2, 0.25) is 0 Å². The Balaban J connectivity index is 1.91. The molecule has 2 rings (SSSR count). The molecule has 1 heterocycles. The molecule has 2 unspecified atom stereocenters. The van der Waals surface area contributed by atoms with Crippen LogP contribution in [0.1, 0.15) is 25.0 Å². The average molecular weight is 298 g/mol. The van der Waals surface area contributed by atoms with Crippen molar-refractivity contribution in [3.63, 3.8) is 0 Å². The highest BCUT2D eigenvalue weighted by Gasteiger charge is 2.25. The van der Waals surface area contributed by atoms with Gasteiger partial charge in [-0.2, -0.15) is 0 Å². The third kappa shape index (κ3) is 3.19. The van der Waals surface area contributed by atoms with Crippen LogP contribution in [-0.4, -0.2) is 18.1 Å². The molecule has 0 aromatic carbocycles. The van der Waals surface area contributed by atoms with Crippen LogP contribution in [0.5, 0.6) is 0 Å². The van der Waals surface area contributed by atoms with Gasteiger partial charge in [-0.05, 0) is 66.2 Å². The van der Waals surface area contributed by atoms with E-state index in [1.807, 2.05) is 19.1 Å². The number of hydrogen-bond donors (Lipinski definition) is 2. The van der Waals surface area contributed by atoms with Gasteiger partial charge in [0.15, 0.2) is 0 Å². The topological polar surface area (TPSA) is 50.9 Å². The fourth-order valence-electron chi connectivity index (χ4n) is 2.57. The number of nitrogens with zero attached hydrogens (tertiary/aromatic N) is 1. The van der Waals surface area contributed by atoms with Crippen LogP contribution in [0.4, 0.5) is 5.82 Å². The average Bonchev–Trinajstić information content (AvgIpc) is 2.78. The van der Waals surface area contributed by atoms with E-state index in [1.165, 1.54) is 19.3 Å². The molecule has 1 aromatic rings. The van der Waals surface area contributed by atoms with Crippen molar-refractivity contribution in [2.45, 2.75) is 26.2 Å². The van der Waals surface area contributed by atoms with Crippen molar-refractivity contribution in [2.24, 2.45) is 17.6 Å². The summed E-state index contributed by atoms with van der Waals surface area (Å²) in [7, 11) is 0. The smallest absolute Gasteiger partial charge is 0.126 e. The summed E-state index contributed by atoms with van der Waals surface area (Å²) >= 11 is 3.46. The fraction of sp³-hybridized carbons (Fsp3) is 0.615. The number of anilines is 1. The van der Waals surface area contributed by atoms with Crippen molar-refractivity contribution in [1.82, 2.24) is 4.98 Å². The highest BCUT2D eigenvalue weighted by molar-refractivity contribution is 9.10. The van der Waals surface area contributed by atoms with Gasteiger partial charge in [0.2, 0.25) is 0 Å². The highest BCUT2D eigenvalue weighted by atomic mass is 79.9. The minimum absolute atomic E-state index is 0.694. The third-order valence-electron chi connectivity index (χ3n) is 3.69. The molecule has 4 heteroatoms. The first-order valence-electron chi connectivity index (χ1n) is 6.28. The van der Waals surface area contributed by atoms with Crippen molar-refractivity contribution in [3.8, 4) is 0 Å². The Morgan fingerprint density at radius 1 is 1.41 bits per heavy atom. The Labute approximate surface area is 111 Å². The maximum Gasteiger partial charge on any atom is 0.126 e. The normalized spacial score (nSPS) is 23.9. The molecule has 0 saturated heterocycles. The Hall–Kier alpha value is -0.610. The standard InChI is InChI=1S/C13H20BrN3/c1-9-12(14)5-6-13(17-9)16-8-11-4-2-3-10(11)7-15/h5-6,10-11H,2-4,7-8,15H2,1H3,(H,16,17). The number of halogens is 1. The molecule has 1 saturated carbocycles. The monoisotopic (exact) mass is 297 g/mol. The van der Waals surface area contributed by atoms with Crippen LogP contribution in [0, 0.1) is 18.8 Å². The van der Waals surface area contributed by atoms with Crippen LogP contribution >= 0.6 is 15.9 Å². The van der Waals surface area contributed by atoms with Gasteiger partial charge in [-0.3, -0.25) is 0 Å². The summed E-state index contributed by atoms with van der Waals surface area (Å²) in [4.78, 5) is 4.50. The van der Waals surface area contributed by atoms with Crippen molar-refractivity contribution >= 4 is 21.7 Å². The molecule has 0 amide bonds. The van der Waals surface area contributed by atoms with E-state index in [0.29, 0.717) is 11.8 Å². The molecule has 3 N–H and O–H groups in total. The molecule has 2 atom stereocenters. The number of rotatable bonds is 4. The first kappa shape index (κ1) is 12.8. The second-order valence-corrected chi connectivity index (χ2v) is 5.69. The zero-order chi connectivity index (χ0) is 12.3. The van der Waals surface area contributed by atoms with E-state index in [2.05, 4.69) is 26.2 Å². The maximum atomic E-state index is 5.79. The van der Waals surface area contributed by atoms with Gasteiger partial charge >= 0.3 is 0 Å². The lowest BCUT2D eigenvalue weighted by Crippen LogP contribution is -2.24. The summed E-state index contributed by atoms with van der Waals surface area (Å²) in [5, 5.41) is 3.43. The summed E-state index contributed by atoms with van der Waals surface area (Å²) in [6.07, 6.45) is 3.90. The van der Waals surface area contributed by atoms with Gasteiger partial charge in [-0.25, -0.2) is 4.98 Å². The number of nitrogens with two attached hydrogens (primary N) is 1. The van der Waals surface area contributed by atoms with Crippen LogP contribution in [0.25, 0.3) is 0 Å². The van der Waals surface area contributed by atoms with Gasteiger partial charge in [0, 0.05) is 11.0 Å². The summed E-state index contributed by atoms with van der Waals surface area (Å²) in [6.45, 7) is 3.82. The lowest BCUT2D eigenvalue weighted by Gasteiger charge is -2.18. The minimum atomic E-state index is 0.694. The minimum Gasteiger partial charge on any atom is -0.370 e. The molecule has 1 aliphatic carbocycles. The zero-order valence-corrected chi connectivity index (χ0v) is 11.8. The van der Waals surface area contributed by atoms with Gasteiger partial charge in [0.05, 0.1) is 5.69 Å². The Kier molecular flexibility index (Phi) is 4.40. The van der Waals surface area contributed by atoms with Crippen molar-refractivity contribution in [3.05, 3.63) is 22.3 Å². The molecule has 17 heavy (non-hydrogen) atoms. The lowest BCUT2D eigenvalue weighted by molar-refractivity contribution is 0.414. The predicted octanol–water partition coefficient (Wildman–Crippen LogP) is 2.94. The molecule has 0 radical (unpaired) electrons. The molecule has 94 valence electrons. The third-order valence-corrected chi connectivity index (χ3v) is 4.52. The molecular formula is C13H20BrN3. The first-order chi connectivity index (χ1) is 8.20. The van der Waals surface area contributed by atoms with Crippen molar-refractivity contribution in [1.29, 1.82) is 0 Å². The number of aromatic nitrogens is 1. The quantitative estimate of drug-likeness (QED) is 0.898. The van der Waals surface area contributed by atoms with E-state index in [-0.39, 0.29) is 0 Å². The first-order valence-corrected chi connectivity index (χ1v) is 7.07. The summed E-state index contributed by atoms with van der Waals surface area (Å²) in [6, 6.07) is 4.06. The van der Waals surface area contributed by atoms with Gasteiger partial charge in [-0.15, -0.1) is 0 Å². The summed E-state index contributed by atoms with van der Waals surface area (Å²) in [5.74, 6) is 2.37. The SMILES string of the molecule is Cc1nc(NCC2CCCC2CN)ccc1Br. The van der Waals surface area contributed by atoms with E-state index < -0.39 is 0 Å². The van der Waals surface area contributed by atoms with Crippen LogP contribution in [0.3, 0.4) is 0 Å². The Bertz CT molecular complexity index is 381. The maximum absolute atomic E-state index is 5.79. The molecule has 0 spiro atoms. The largest absolute Gasteiger partial charge is 0.370 e. The molecule has 0 aliphatic heterocycles. The highest BCUT2D eigenvalue weighted by Crippen LogP contribution is 2.31. The van der Waals surface area contributed by atoms with Gasteiger partial charge in [0.25, 0.3) is 0 Å². The molecule has 0 bridgehead atoms. The number of aryl methyl sites for hydroxylation is 1. The molecule has 1 fully saturated rings. The number of hydrogen-bond acceptors (Lipinski definition) is 3. The van der Waals surface area contributed by atoms with E-state index in [0.717, 1.165) is 29.1 Å². The number of nitrogens with one attached hydrogen (secondary N) is 1. The van der Waals surface area contributed by atoms with E-state index in [4.69, 9.17) is 5.73 Å². The van der Waals surface area contributed by atoms with E-state index in [9.17, 15) is 0 Å². The summed E-state index contributed by atoms with van der Waals surface area (Å²) < 4.78 is 1.06. The molecule has 1 aliphatic rings. The van der Waals surface area contributed by atoms with Gasteiger partial charge < -0.3 is 11.1 Å². The molecule has 3 nitrogen and oxygen atoms in total. The Morgan fingerprint density at radius 2 is 2.18 bits per heavy atom.